The minimum absolute atomic E-state index is 0.752. The van der Waals surface area contributed by atoms with Crippen molar-refractivity contribution in [2.75, 3.05) is 19.6 Å². The summed E-state index contributed by atoms with van der Waals surface area (Å²) in [6.45, 7) is 15.3. The summed E-state index contributed by atoms with van der Waals surface area (Å²) >= 11 is 0. The third-order valence-corrected chi connectivity index (χ3v) is 6.60. The second kappa shape index (κ2) is 10.2. The van der Waals surface area contributed by atoms with E-state index in [1.807, 2.05) is 13.8 Å². The first kappa shape index (κ1) is 20.2. The number of rotatable bonds is 6. The first-order valence-electron chi connectivity index (χ1n) is 11.2. The maximum absolute atomic E-state index is 2.86. The molecule has 0 bridgehead atoms. The van der Waals surface area contributed by atoms with Crippen LogP contribution in [0.3, 0.4) is 0 Å². The van der Waals surface area contributed by atoms with Crippen LogP contribution in [0.25, 0.3) is 0 Å². The third-order valence-electron chi connectivity index (χ3n) is 6.60. The summed E-state index contributed by atoms with van der Waals surface area (Å²) in [4.78, 5) is 5.64. The summed E-state index contributed by atoms with van der Waals surface area (Å²) in [5, 5.41) is 0. The molecule has 2 heteroatoms. The van der Waals surface area contributed by atoms with Gasteiger partial charge in [0.1, 0.15) is 0 Å². The van der Waals surface area contributed by atoms with Crippen LogP contribution in [-0.2, 0) is 0 Å². The highest BCUT2D eigenvalue weighted by molar-refractivity contribution is 4.92. The van der Waals surface area contributed by atoms with Crippen LogP contribution in [0.1, 0.15) is 92.4 Å². The summed E-state index contributed by atoms with van der Waals surface area (Å²) in [5.74, 6) is 2.01. The van der Waals surface area contributed by atoms with Gasteiger partial charge in [0.25, 0.3) is 0 Å². The fourth-order valence-electron chi connectivity index (χ4n) is 5.08. The van der Waals surface area contributed by atoms with E-state index in [4.69, 9.17) is 0 Å². The number of hydrogen-bond donors (Lipinski definition) is 0. The molecule has 0 atom stereocenters. The zero-order chi connectivity index (χ0) is 17.5. The zero-order valence-corrected chi connectivity index (χ0v) is 17.3. The molecule has 0 radical (unpaired) electrons. The number of likely N-dealkylation sites (tertiary alicyclic amines) is 1. The van der Waals surface area contributed by atoms with Crippen molar-refractivity contribution in [3.8, 4) is 0 Å². The Bertz CT molecular complexity index is 319. The van der Waals surface area contributed by atoms with E-state index in [1.54, 1.807) is 0 Å². The van der Waals surface area contributed by atoms with Crippen LogP contribution >= 0.6 is 0 Å². The summed E-state index contributed by atoms with van der Waals surface area (Å²) in [6.07, 6.45) is 13.1. The van der Waals surface area contributed by atoms with Gasteiger partial charge in [-0.1, -0.05) is 27.2 Å². The molecular formula is C22H44N2. The molecule has 0 aromatic carbocycles. The van der Waals surface area contributed by atoms with Gasteiger partial charge in [-0.2, -0.15) is 0 Å². The van der Waals surface area contributed by atoms with E-state index in [2.05, 4.69) is 30.6 Å². The van der Waals surface area contributed by atoms with Crippen molar-refractivity contribution in [2.45, 2.75) is 111 Å². The van der Waals surface area contributed by atoms with Gasteiger partial charge in [0.05, 0.1) is 0 Å². The zero-order valence-electron chi connectivity index (χ0n) is 17.3. The van der Waals surface area contributed by atoms with Gasteiger partial charge in [-0.25, -0.2) is 0 Å². The van der Waals surface area contributed by atoms with Crippen LogP contribution in [0.2, 0.25) is 0 Å². The minimum Gasteiger partial charge on any atom is -0.303 e. The van der Waals surface area contributed by atoms with Crippen LogP contribution in [0, 0.1) is 11.8 Å². The average molecular weight is 337 g/mol. The molecule has 1 heterocycles. The Balaban J connectivity index is 0.00000100. The monoisotopic (exact) mass is 336 g/mol. The lowest BCUT2D eigenvalue weighted by Gasteiger charge is -2.41. The Morgan fingerprint density at radius 1 is 0.792 bits per heavy atom. The lowest BCUT2D eigenvalue weighted by molar-refractivity contribution is 0.0802. The van der Waals surface area contributed by atoms with Gasteiger partial charge < -0.3 is 4.90 Å². The number of piperidine rings is 1. The normalized spacial score (nSPS) is 29.6. The van der Waals surface area contributed by atoms with Crippen molar-refractivity contribution in [2.24, 2.45) is 11.8 Å². The van der Waals surface area contributed by atoms with Crippen molar-refractivity contribution in [1.82, 2.24) is 9.80 Å². The van der Waals surface area contributed by atoms with Gasteiger partial charge in [0.2, 0.25) is 0 Å². The number of hydrogen-bond acceptors (Lipinski definition) is 2. The van der Waals surface area contributed by atoms with Gasteiger partial charge in [-0.15, -0.1) is 0 Å². The van der Waals surface area contributed by atoms with E-state index >= 15 is 0 Å². The SMILES string of the molecule is CC.CCC1CCN(CC2CCC(N(C(C)C)C3CC3)CC2)CC1. The molecule has 0 amide bonds. The second-order valence-corrected chi connectivity index (χ2v) is 8.60. The van der Waals surface area contributed by atoms with Crippen molar-refractivity contribution < 1.29 is 0 Å². The standard InChI is InChI=1S/C20H38N2.C2H6/c1-4-17-11-13-21(14-12-17)15-18-5-7-19(8-6-18)22(16(2)3)20-9-10-20;1-2/h16-20H,4-15H2,1-3H3;1-2H3. The smallest absolute Gasteiger partial charge is 0.0102 e. The second-order valence-electron chi connectivity index (χ2n) is 8.60. The van der Waals surface area contributed by atoms with Gasteiger partial charge >= 0.3 is 0 Å². The van der Waals surface area contributed by atoms with E-state index in [1.165, 1.54) is 77.4 Å². The third kappa shape index (κ3) is 5.73. The maximum atomic E-state index is 2.86. The van der Waals surface area contributed by atoms with Crippen LogP contribution in [0.4, 0.5) is 0 Å². The molecule has 0 unspecified atom stereocenters. The topological polar surface area (TPSA) is 6.48 Å². The predicted molar refractivity (Wildman–Crippen MR) is 107 cm³/mol. The van der Waals surface area contributed by atoms with Crippen LogP contribution < -0.4 is 0 Å². The van der Waals surface area contributed by atoms with Gasteiger partial charge in [0.15, 0.2) is 0 Å². The lowest BCUT2D eigenvalue weighted by Crippen LogP contribution is -2.45. The molecule has 0 N–H and O–H groups in total. The van der Waals surface area contributed by atoms with E-state index in [0.29, 0.717) is 0 Å². The summed E-state index contributed by atoms with van der Waals surface area (Å²) in [6, 6.07) is 2.59. The van der Waals surface area contributed by atoms with E-state index in [0.717, 1.165) is 30.0 Å². The molecule has 3 fully saturated rings. The molecule has 2 saturated carbocycles. The largest absolute Gasteiger partial charge is 0.303 e. The van der Waals surface area contributed by atoms with E-state index < -0.39 is 0 Å². The van der Waals surface area contributed by atoms with Crippen LogP contribution in [-0.4, -0.2) is 47.6 Å². The van der Waals surface area contributed by atoms with Crippen LogP contribution in [0.15, 0.2) is 0 Å². The fourth-order valence-corrected chi connectivity index (χ4v) is 5.08. The average Bonchev–Trinajstić information content (AvgIpc) is 3.44. The highest BCUT2D eigenvalue weighted by Crippen LogP contribution is 2.37. The molecule has 3 rings (SSSR count). The molecule has 3 aliphatic rings. The Morgan fingerprint density at radius 3 is 1.71 bits per heavy atom. The molecular weight excluding hydrogens is 292 g/mol. The summed E-state index contributed by atoms with van der Waals surface area (Å²) < 4.78 is 0. The van der Waals surface area contributed by atoms with E-state index in [-0.39, 0.29) is 0 Å². The van der Waals surface area contributed by atoms with Crippen LogP contribution in [0.5, 0.6) is 0 Å². The summed E-state index contributed by atoms with van der Waals surface area (Å²) in [5.41, 5.74) is 0. The highest BCUT2D eigenvalue weighted by atomic mass is 15.2. The fraction of sp³-hybridized carbons (Fsp3) is 1.00. The predicted octanol–water partition coefficient (Wildman–Crippen LogP) is 5.57. The Kier molecular flexibility index (Phi) is 8.57. The quantitative estimate of drug-likeness (QED) is 0.626. The summed E-state index contributed by atoms with van der Waals surface area (Å²) in [7, 11) is 0. The number of nitrogens with zero attached hydrogens (tertiary/aromatic N) is 2. The minimum atomic E-state index is 0.752. The van der Waals surface area contributed by atoms with E-state index in [9.17, 15) is 0 Å². The lowest BCUT2D eigenvalue weighted by atomic mass is 9.84. The molecule has 0 aromatic heterocycles. The molecule has 1 saturated heterocycles. The molecule has 2 aliphatic carbocycles. The highest BCUT2D eigenvalue weighted by Gasteiger charge is 2.37. The first-order valence-corrected chi connectivity index (χ1v) is 11.2. The van der Waals surface area contributed by atoms with Crippen molar-refractivity contribution >= 4 is 0 Å². The molecule has 142 valence electrons. The molecule has 0 spiro atoms. The molecule has 1 aliphatic heterocycles. The molecule has 0 aromatic rings. The van der Waals surface area contributed by atoms with Gasteiger partial charge in [0, 0.05) is 24.7 Å². The van der Waals surface area contributed by atoms with Crippen molar-refractivity contribution in [1.29, 1.82) is 0 Å². The Hall–Kier alpha value is -0.0800. The first-order chi connectivity index (χ1) is 11.7. The van der Waals surface area contributed by atoms with Crippen molar-refractivity contribution in [3.05, 3.63) is 0 Å². The Morgan fingerprint density at radius 2 is 1.29 bits per heavy atom. The molecule has 2 nitrogen and oxygen atoms in total. The Labute approximate surface area is 152 Å². The van der Waals surface area contributed by atoms with Gasteiger partial charge in [-0.3, -0.25) is 4.90 Å². The van der Waals surface area contributed by atoms with Gasteiger partial charge in [-0.05, 0) is 90.1 Å². The molecule has 24 heavy (non-hydrogen) atoms. The maximum Gasteiger partial charge on any atom is 0.0102 e. The van der Waals surface area contributed by atoms with Crippen molar-refractivity contribution in [3.63, 3.8) is 0 Å².